The van der Waals surface area contributed by atoms with Crippen LogP contribution < -0.4 is 10.6 Å². The van der Waals surface area contributed by atoms with Gasteiger partial charge >= 0.3 is 5.97 Å². The maximum absolute atomic E-state index is 12.7. The standard InChI is InChI=1S/C27H28N2O3/c1-2-18-3-5-22(6-4-18)26(30)29-25-16-23(15-24(17-25)27(31)32)20-9-7-19(8-10-20)21-11-13-28-14-12-21/h3-10,15-17,21,28H,2,11-14H2,1H3,(H,29,30)(H,31,32). The van der Waals surface area contributed by atoms with Gasteiger partial charge in [0.1, 0.15) is 0 Å². The molecule has 0 bridgehead atoms. The van der Waals surface area contributed by atoms with Crippen molar-refractivity contribution >= 4 is 17.6 Å². The molecule has 3 N–H and O–H groups in total. The van der Waals surface area contributed by atoms with Crippen LogP contribution in [0.1, 0.15) is 57.5 Å². The Morgan fingerprint density at radius 3 is 2.22 bits per heavy atom. The number of aryl methyl sites for hydroxylation is 1. The lowest BCUT2D eigenvalue weighted by molar-refractivity contribution is 0.0696. The van der Waals surface area contributed by atoms with E-state index in [0.717, 1.165) is 49.0 Å². The summed E-state index contributed by atoms with van der Waals surface area (Å²) in [6.07, 6.45) is 3.16. The summed E-state index contributed by atoms with van der Waals surface area (Å²) < 4.78 is 0. The molecule has 1 fully saturated rings. The van der Waals surface area contributed by atoms with Crippen molar-refractivity contribution in [1.29, 1.82) is 0 Å². The van der Waals surface area contributed by atoms with Crippen LogP contribution in [-0.2, 0) is 6.42 Å². The highest BCUT2D eigenvalue weighted by Gasteiger charge is 2.16. The molecule has 1 heterocycles. The summed E-state index contributed by atoms with van der Waals surface area (Å²) in [6, 6.07) is 20.7. The van der Waals surface area contributed by atoms with Crippen molar-refractivity contribution in [1.82, 2.24) is 5.32 Å². The van der Waals surface area contributed by atoms with E-state index in [2.05, 4.69) is 29.7 Å². The van der Waals surface area contributed by atoms with Gasteiger partial charge in [0.25, 0.3) is 5.91 Å². The number of aromatic carboxylic acids is 1. The van der Waals surface area contributed by atoms with Gasteiger partial charge in [-0.2, -0.15) is 0 Å². The fraction of sp³-hybridized carbons (Fsp3) is 0.259. The molecule has 0 atom stereocenters. The summed E-state index contributed by atoms with van der Waals surface area (Å²) in [6.45, 7) is 4.14. The molecule has 3 aromatic rings. The van der Waals surface area contributed by atoms with Crippen molar-refractivity contribution in [3.8, 4) is 11.1 Å². The number of carboxylic acid groups (broad SMARTS) is 1. The Labute approximate surface area is 188 Å². The van der Waals surface area contributed by atoms with E-state index in [0.29, 0.717) is 17.2 Å². The Balaban J connectivity index is 1.58. The second-order valence-corrected chi connectivity index (χ2v) is 8.26. The van der Waals surface area contributed by atoms with Crippen LogP contribution in [0, 0.1) is 0 Å². The Hall–Kier alpha value is -3.44. The van der Waals surface area contributed by atoms with E-state index in [-0.39, 0.29) is 11.5 Å². The Bertz CT molecular complexity index is 1100. The summed E-state index contributed by atoms with van der Waals surface area (Å²) >= 11 is 0. The number of piperidine rings is 1. The van der Waals surface area contributed by atoms with Gasteiger partial charge in [-0.1, -0.05) is 43.3 Å². The zero-order valence-electron chi connectivity index (χ0n) is 18.2. The Morgan fingerprint density at radius 1 is 0.906 bits per heavy atom. The second-order valence-electron chi connectivity index (χ2n) is 8.26. The minimum absolute atomic E-state index is 0.140. The molecule has 1 aliphatic rings. The molecule has 0 radical (unpaired) electrons. The number of hydrogen-bond donors (Lipinski definition) is 3. The van der Waals surface area contributed by atoms with Crippen molar-refractivity contribution in [2.75, 3.05) is 18.4 Å². The number of rotatable bonds is 6. The maximum atomic E-state index is 12.7. The van der Waals surface area contributed by atoms with Crippen LogP contribution >= 0.6 is 0 Å². The molecule has 1 saturated heterocycles. The molecule has 0 aromatic heterocycles. The predicted octanol–water partition coefficient (Wildman–Crippen LogP) is 5.33. The van der Waals surface area contributed by atoms with Crippen molar-refractivity contribution in [3.05, 3.63) is 89.0 Å². The van der Waals surface area contributed by atoms with Crippen molar-refractivity contribution in [2.45, 2.75) is 32.1 Å². The van der Waals surface area contributed by atoms with Crippen molar-refractivity contribution < 1.29 is 14.7 Å². The van der Waals surface area contributed by atoms with E-state index in [9.17, 15) is 14.7 Å². The lowest BCUT2D eigenvalue weighted by Crippen LogP contribution is -2.26. The number of carbonyl (C=O) groups excluding carboxylic acids is 1. The van der Waals surface area contributed by atoms with Crippen LogP contribution in [0.5, 0.6) is 0 Å². The molecule has 5 heteroatoms. The minimum atomic E-state index is -1.03. The van der Waals surface area contributed by atoms with E-state index in [1.807, 2.05) is 30.3 Å². The third-order valence-electron chi connectivity index (χ3n) is 6.12. The molecule has 164 valence electrons. The summed E-state index contributed by atoms with van der Waals surface area (Å²) in [5, 5.41) is 15.8. The van der Waals surface area contributed by atoms with Gasteiger partial charge in [0.2, 0.25) is 0 Å². The van der Waals surface area contributed by atoms with Gasteiger partial charge in [-0.3, -0.25) is 4.79 Å². The quantitative estimate of drug-likeness (QED) is 0.496. The zero-order valence-corrected chi connectivity index (χ0v) is 18.2. The highest BCUT2D eigenvalue weighted by Crippen LogP contribution is 2.30. The summed E-state index contributed by atoms with van der Waals surface area (Å²) in [5.41, 5.74) is 5.30. The van der Waals surface area contributed by atoms with Crippen molar-refractivity contribution in [2.24, 2.45) is 0 Å². The first-order valence-electron chi connectivity index (χ1n) is 11.1. The van der Waals surface area contributed by atoms with Gasteiger partial charge in [0.15, 0.2) is 0 Å². The average Bonchev–Trinajstić information content (AvgIpc) is 2.84. The molecule has 1 amide bonds. The van der Waals surface area contributed by atoms with Gasteiger partial charge in [-0.25, -0.2) is 4.79 Å². The number of anilines is 1. The maximum Gasteiger partial charge on any atom is 0.335 e. The van der Waals surface area contributed by atoms with E-state index in [1.165, 1.54) is 11.6 Å². The summed E-state index contributed by atoms with van der Waals surface area (Å²) in [5.74, 6) is -0.729. The molecule has 5 nitrogen and oxygen atoms in total. The lowest BCUT2D eigenvalue weighted by atomic mass is 9.89. The first kappa shape index (κ1) is 21.8. The van der Waals surface area contributed by atoms with Crippen molar-refractivity contribution in [3.63, 3.8) is 0 Å². The number of hydrogen-bond acceptors (Lipinski definition) is 3. The molecule has 0 unspecified atom stereocenters. The highest BCUT2D eigenvalue weighted by molar-refractivity contribution is 6.05. The molecule has 3 aromatic carbocycles. The molecule has 1 aliphatic heterocycles. The smallest absolute Gasteiger partial charge is 0.335 e. The van der Waals surface area contributed by atoms with Gasteiger partial charge < -0.3 is 15.7 Å². The summed E-state index contributed by atoms with van der Waals surface area (Å²) in [4.78, 5) is 24.4. The molecule has 0 saturated carbocycles. The number of benzene rings is 3. The van der Waals surface area contributed by atoms with Gasteiger partial charge in [-0.15, -0.1) is 0 Å². The average molecular weight is 429 g/mol. The normalized spacial score (nSPS) is 14.2. The fourth-order valence-electron chi connectivity index (χ4n) is 4.19. The summed E-state index contributed by atoms with van der Waals surface area (Å²) in [7, 11) is 0. The Kier molecular flexibility index (Phi) is 6.66. The fourth-order valence-corrected chi connectivity index (χ4v) is 4.19. The largest absolute Gasteiger partial charge is 0.478 e. The highest BCUT2D eigenvalue weighted by atomic mass is 16.4. The minimum Gasteiger partial charge on any atom is -0.478 e. The van der Waals surface area contributed by atoms with Crippen LogP contribution in [-0.4, -0.2) is 30.1 Å². The number of amides is 1. The van der Waals surface area contributed by atoms with Gasteiger partial charge in [0, 0.05) is 11.3 Å². The van der Waals surface area contributed by atoms with E-state index in [1.54, 1.807) is 18.2 Å². The predicted molar refractivity (Wildman–Crippen MR) is 127 cm³/mol. The number of carbonyl (C=O) groups is 2. The van der Waals surface area contributed by atoms with Crippen LogP contribution in [0.3, 0.4) is 0 Å². The van der Waals surface area contributed by atoms with Crippen LogP contribution in [0.15, 0.2) is 66.7 Å². The molecular formula is C27H28N2O3. The number of nitrogens with one attached hydrogen (secondary N) is 2. The molecule has 0 aliphatic carbocycles. The monoisotopic (exact) mass is 428 g/mol. The topological polar surface area (TPSA) is 78.4 Å². The van der Waals surface area contributed by atoms with Crippen LogP contribution in [0.4, 0.5) is 5.69 Å². The first-order valence-corrected chi connectivity index (χ1v) is 11.1. The lowest BCUT2D eigenvalue weighted by Gasteiger charge is -2.23. The van der Waals surface area contributed by atoms with Gasteiger partial charge in [0.05, 0.1) is 5.56 Å². The first-order chi connectivity index (χ1) is 15.5. The second kappa shape index (κ2) is 9.79. The molecule has 32 heavy (non-hydrogen) atoms. The molecule has 4 rings (SSSR count). The van der Waals surface area contributed by atoms with E-state index in [4.69, 9.17) is 0 Å². The van der Waals surface area contributed by atoms with E-state index < -0.39 is 5.97 Å². The van der Waals surface area contributed by atoms with Gasteiger partial charge in [-0.05, 0) is 90.9 Å². The zero-order chi connectivity index (χ0) is 22.5. The van der Waals surface area contributed by atoms with Crippen LogP contribution in [0.2, 0.25) is 0 Å². The Morgan fingerprint density at radius 2 is 1.59 bits per heavy atom. The number of carboxylic acids is 1. The van der Waals surface area contributed by atoms with Crippen LogP contribution in [0.25, 0.3) is 11.1 Å². The molecular weight excluding hydrogens is 400 g/mol. The molecule has 0 spiro atoms. The van der Waals surface area contributed by atoms with E-state index >= 15 is 0 Å². The third kappa shape index (κ3) is 5.06. The SMILES string of the molecule is CCc1ccc(C(=O)Nc2cc(C(=O)O)cc(-c3ccc(C4CCNCC4)cc3)c2)cc1. The third-order valence-corrected chi connectivity index (χ3v) is 6.12.